The van der Waals surface area contributed by atoms with Gasteiger partial charge in [0.25, 0.3) is 0 Å². The molecule has 2 aromatic rings. The monoisotopic (exact) mass is 562 g/mol. The molecule has 1 aliphatic heterocycles. The van der Waals surface area contributed by atoms with Gasteiger partial charge >= 0.3 is 0 Å². The standard InChI is InChI=1S/C21H34N6S2.HI/c1-4-19-26-18(15-28-19)14-27-10-7-17(8-11-27)13-25-21(22-5-2)23-9-6-20-24-12-16(3)29-20;/h12,15,17H,4-11,13-14H2,1-3H3,(H2,22,23,25);1H. The molecule has 2 N–H and O–H groups in total. The number of thiazole rings is 2. The van der Waals surface area contributed by atoms with E-state index in [9.17, 15) is 0 Å². The highest BCUT2D eigenvalue weighted by atomic mass is 127. The molecule has 1 aliphatic rings. The molecule has 0 aliphatic carbocycles. The van der Waals surface area contributed by atoms with Crippen LogP contribution in [0.1, 0.15) is 47.3 Å². The molecule has 6 nitrogen and oxygen atoms in total. The highest BCUT2D eigenvalue weighted by Gasteiger charge is 2.20. The average Bonchev–Trinajstić information content (AvgIpc) is 3.36. The van der Waals surface area contributed by atoms with Crippen LogP contribution >= 0.6 is 46.7 Å². The number of hydrogen-bond acceptors (Lipinski definition) is 6. The van der Waals surface area contributed by atoms with Crippen molar-refractivity contribution in [3.05, 3.63) is 32.2 Å². The zero-order chi connectivity index (χ0) is 20.5. The number of piperidine rings is 1. The Hall–Kier alpha value is -0.780. The molecule has 3 heterocycles. The van der Waals surface area contributed by atoms with Crippen molar-refractivity contribution in [1.82, 2.24) is 25.5 Å². The van der Waals surface area contributed by atoms with E-state index in [2.05, 4.69) is 46.7 Å². The fourth-order valence-corrected chi connectivity index (χ4v) is 5.03. The van der Waals surface area contributed by atoms with Crippen molar-refractivity contribution >= 4 is 52.6 Å². The van der Waals surface area contributed by atoms with Crippen LogP contribution in [0.4, 0.5) is 0 Å². The molecule has 9 heteroatoms. The van der Waals surface area contributed by atoms with Gasteiger partial charge in [-0.15, -0.1) is 46.7 Å². The number of aryl methyl sites for hydroxylation is 2. The van der Waals surface area contributed by atoms with Crippen LogP contribution in [0.25, 0.3) is 0 Å². The second kappa shape index (κ2) is 13.6. The molecule has 0 amide bonds. The van der Waals surface area contributed by atoms with Crippen LogP contribution in [0.3, 0.4) is 0 Å². The van der Waals surface area contributed by atoms with Crippen molar-refractivity contribution in [1.29, 1.82) is 0 Å². The summed E-state index contributed by atoms with van der Waals surface area (Å²) in [7, 11) is 0. The highest BCUT2D eigenvalue weighted by Crippen LogP contribution is 2.20. The third-order valence-corrected chi connectivity index (χ3v) is 7.16. The maximum Gasteiger partial charge on any atom is 0.191 e. The first-order chi connectivity index (χ1) is 14.2. The number of nitrogens with zero attached hydrogens (tertiary/aromatic N) is 4. The first-order valence-electron chi connectivity index (χ1n) is 10.7. The van der Waals surface area contributed by atoms with Gasteiger partial charge in [0.1, 0.15) is 0 Å². The Kier molecular flexibility index (Phi) is 11.5. The summed E-state index contributed by atoms with van der Waals surface area (Å²) in [6.07, 6.45) is 6.36. The summed E-state index contributed by atoms with van der Waals surface area (Å²) in [5.74, 6) is 1.60. The Balaban J connectivity index is 0.00000320. The Morgan fingerprint density at radius 3 is 2.67 bits per heavy atom. The summed E-state index contributed by atoms with van der Waals surface area (Å²) in [6.45, 7) is 12.3. The van der Waals surface area contributed by atoms with Crippen LogP contribution in [0.15, 0.2) is 16.6 Å². The summed E-state index contributed by atoms with van der Waals surface area (Å²) in [6, 6.07) is 0. The number of guanidine groups is 1. The lowest BCUT2D eigenvalue weighted by molar-refractivity contribution is 0.179. The minimum Gasteiger partial charge on any atom is -0.357 e. The Labute approximate surface area is 206 Å². The van der Waals surface area contributed by atoms with Crippen LogP contribution in [0.5, 0.6) is 0 Å². The van der Waals surface area contributed by atoms with Gasteiger partial charge in [-0.05, 0) is 52.1 Å². The summed E-state index contributed by atoms with van der Waals surface area (Å²) < 4.78 is 0. The van der Waals surface area contributed by atoms with E-state index >= 15 is 0 Å². The summed E-state index contributed by atoms with van der Waals surface area (Å²) >= 11 is 3.56. The molecule has 1 saturated heterocycles. The van der Waals surface area contributed by atoms with E-state index in [0.29, 0.717) is 5.92 Å². The third kappa shape index (κ3) is 8.39. The van der Waals surface area contributed by atoms with Crippen molar-refractivity contribution in [3.63, 3.8) is 0 Å². The van der Waals surface area contributed by atoms with Crippen molar-refractivity contribution in [2.75, 3.05) is 32.7 Å². The van der Waals surface area contributed by atoms with E-state index in [1.165, 1.54) is 33.4 Å². The van der Waals surface area contributed by atoms with Gasteiger partial charge in [-0.2, -0.15) is 0 Å². The van der Waals surface area contributed by atoms with Gasteiger partial charge in [-0.1, -0.05) is 6.92 Å². The minimum absolute atomic E-state index is 0. The van der Waals surface area contributed by atoms with E-state index in [-0.39, 0.29) is 24.0 Å². The molecule has 3 rings (SSSR count). The Morgan fingerprint density at radius 1 is 1.23 bits per heavy atom. The number of likely N-dealkylation sites (tertiary alicyclic amines) is 1. The van der Waals surface area contributed by atoms with Crippen molar-refractivity contribution in [2.24, 2.45) is 10.9 Å². The molecular weight excluding hydrogens is 527 g/mol. The van der Waals surface area contributed by atoms with Gasteiger partial charge < -0.3 is 10.6 Å². The zero-order valence-electron chi connectivity index (χ0n) is 18.3. The summed E-state index contributed by atoms with van der Waals surface area (Å²) in [5, 5.41) is 11.5. The molecule has 0 radical (unpaired) electrons. The second-order valence-electron chi connectivity index (χ2n) is 7.57. The molecule has 0 aromatic carbocycles. The first kappa shape index (κ1) is 25.5. The molecule has 2 aromatic heterocycles. The lowest BCUT2D eigenvalue weighted by atomic mass is 9.97. The third-order valence-electron chi connectivity index (χ3n) is 5.15. The fraction of sp³-hybridized carbons (Fsp3) is 0.667. The number of halogens is 1. The SMILES string of the molecule is CCNC(=NCC1CCN(Cc2csc(CC)n2)CC1)NCCc1ncc(C)s1.I. The van der Waals surface area contributed by atoms with Crippen molar-refractivity contribution < 1.29 is 0 Å². The number of aliphatic imine (C=N–C) groups is 1. The topological polar surface area (TPSA) is 65.4 Å². The van der Waals surface area contributed by atoms with E-state index < -0.39 is 0 Å². The van der Waals surface area contributed by atoms with E-state index in [0.717, 1.165) is 58.1 Å². The molecular formula is C21H35IN6S2. The predicted octanol–water partition coefficient (Wildman–Crippen LogP) is 4.10. The van der Waals surface area contributed by atoms with E-state index in [1.54, 1.807) is 22.7 Å². The molecule has 30 heavy (non-hydrogen) atoms. The maximum atomic E-state index is 4.85. The fourth-order valence-electron chi connectivity index (χ4n) is 3.51. The molecule has 0 atom stereocenters. The number of aromatic nitrogens is 2. The quantitative estimate of drug-likeness (QED) is 0.274. The molecule has 0 saturated carbocycles. The molecule has 168 valence electrons. The van der Waals surface area contributed by atoms with Gasteiger partial charge in [-0.3, -0.25) is 9.89 Å². The van der Waals surface area contributed by atoms with Gasteiger partial charge in [-0.25, -0.2) is 9.97 Å². The summed E-state index contributed by atoms with van der Waals surface area (Å²) in [4.78, 5) is 17.8. The van der Waals surface area contributed by atoms with Gasteiger partial charge in [0.2, 0.25) is 0 Å². The van der Waals surface area contributed by atoms with Crippen molar-refractivity contribution in [2.45, 2.75) is 53.0 Å². The molecule has 1 fully saturated rings. The Morgan fingerprint density at radius 2 is 2.03 bits per heavy atom. The van der Waals surface area contributed by atoms with Crippen LogP contribution < -0.4 is 10.6 Å². The van der Waals surface area contributed by atoms with Crippen LogP contribution in [-0.4, -0.2) is 53.6 Å². The van der Waals surface area contributed by atoms with Crippen LogP contribution in [0, 0.1) is 12.8 Å². The van der Waals surface area contributed by atoms with Gasteiger partial charge in [0.05, 0.1) is 15.7 Å². The van der Waals surface area contributed by atoms with E-state index in [1.807, 2.05) is 6.20 Å². The number of hydrogen-bond donors (Lipinski definition) is 2. The first-order valence-corrected chi connectivity index (χ1v) is 12.4. The predicted molar refractivity (Wildman–Crippen MR) is 139 cm³/mol. The minimum atomic E-state index is 0. The largest absolute Gasteiger partial charge is 0.357 e. The molecule has 0 unspecified atom stereocenters. The van der Waals surface area contributed by atoms with E-state index in [4.69, 9.17) is 9.98 Å². The average molecular weight is 563 g/mol. The lowest BCUT2D eigenvalue weighted by Gasteiger charge is -2.30. The molecule has 0 spiro atoms. The summed E-state index contributed by atoms with van der Waals surface area (Å²) in [5.41, 5.74) is 1.23. The van der Waals surface area contributed by atoms with Gasteiger partial charge in [0.15, 0.2) is 5.96 Å². The second-order valence-corrected chi connectivity index (χ2v) is 9.83. The highest BCUT2D eigenvalue weighted by molar-refractivity contribution is 14.0. The molecule has 0 bridgehead atoms. The van der Waals surface area contributed by atoms with Crippen LogP contribution in [0.2, 0.25) is 0 Å². The van der Waals surface area contributed by atoms with Gasteiger partial charge in [0, 0.05) is 49.1 Å². The number of nitrogens with one attached hydrogen (secondary N) is 2. The smallest absolute Gasteiger partial charge is 0.191 e. The van der Waals surface area contributed by atoms with Crippen LogP contribution in [-0.2, 0) is 19.4 Å². The lowest BCUT2D eigenvalue weighted by Crippen LogP contribution is -2.39. The number of rotatable bonds is 9. The Bertz CT molecular complexity index is 767. The normalized spacial score (nSPS) is 15.8. The zero-order valence-corrected chi connectivity index (χ0v) is 22.3. The maximum absolute atomic E-state index is 4.85. The van der Waals surface area contributed by atoms with Crippen molar-refractivity contribution in [3.8, 4) is 0 Å².